The van der Waals surface area contributed by atoms with Crippen LogP contribution < -0.4 is 14.8 Å². The Bertz CT molecular complexity index is 864. The van der Waals surface area contributed by atoms with Crippen LogP contribution in [0.4, 0.5) is 13.2 Å². The third-order valence-corrected chi connectivity index (χ3v) is 4.47. The van der Waals surface area contributed by atoms with Crippen LogP contribution in [-0.2, 0) is 30.4 Å². The van der Waals surface area contributed by atoms with Gasteiger partial charge in [0.2, 0.25) is 5.91 Å². The van der Waals surface area contributed by atoms with Gasteiger partial charge in [-0.1, -0.05) is 18.2 Å². The molecule has 0 saturated carbocycles. The Morgan fingerprint density at radius 1 is 1.29 bits per heavy atom. The van der Waals surface area contributed by atoms with E-state index in [0.29, 0.717) is 17.9 Å². The molecule has 2 aromatic rings. The lowest BCUT2D eigenvalue weighted by atomic mass is 10.1. The van der Waals surface area contributed by atoms with Gasteiger partial charge in [-0.15, -0.1) is 0 Å². The third-order valence-electron chi connectivity index (χ3n) is 4.47. The molecule has 150 valence electrons. The van der Waals surface area contributed by atoms with Crippen LogP contribution in [0.15, 0.2) is 36.4 Å². The van der Waals surface area contributed by atoms with E-state index < -0.39 is 11.7 Å². The van der Waals surface area contributed by atoms with E-state index in [4.69, 9.17) is 9.47 Å². The van der Waals surface area contributed by atoms with Crippen molar-refractivity contribution >= 4 is 5.91 Å². The number of rotatable bonds is 6. The Morgan fingerprint density at radius 3 is 2.79 bits per heavy atom. The molecule has 1 amide bonds. The number of carbonyl (C=O) groups excluding carboxylic acids is 1. The molecule has 0 spiro atoms. The van der Waals surface area contributed by atoms with E-state index in [1.807, 2.05) is 26.0 Å². The number of nitrogens with one attached hydrogen (secondary N) is 1. The first-order valence-corrected chi connectivity index (χ1v) is 9.14. The summed E-state index contributed by atoms with van der Waals surface area (Å²) in [4.78, 5) is 12.2. The molecule has 2 aromatic carbocycles. The molecule has 3 rings (SSSR count). The van der Waals surface area contributed by atoms with Crippen LogP contribution in [0.1, 0.15) is 36.1 Å². The summed E-state index contributed by atoms with van der Waals surface area (Å²) in [7, 11) is 0. The molecule has 1 aliphatic heterocycles. The first-order chi connectivity index (χ1) is 13.3. The largest absolute Gasteiger partial charge is 0.494 e. The van der Waals surface area contributed by atoms with Crippen LogP contribution in [0.25, 0.3) is 0 Å². The highest BCUT2D eigenvalue weighted by Crippen LogP contribution is 2.35. The number of carbonyl (C=O) groups is 1. The minimum absolute atomic E-state index is 0.0928. The van der Waals surface area contributed by atoms with Crippen molar-refractivity contribution in [1.82, 2.24) is 5.32 Å². The number of halogens is 3. The molecular formula is C21H22F3NO3. The summed E-state index contributed by atoms with van der Waals surface area (Å²) in [6.45, 7) is 4.55. The molecule has 1 atom stereocenters. The molecular weight excluding hydrogens is 371 g/mol. The number of hydrogen-bond acceptors (Lipinski definition) is 3. The molecule has 1 unspecified atom stereocenters. The van der Waals surface area contributed by atoms with E-state index in [1.165, 1.54) is 12.1 Å². The summed E-state index contributed by atoms with van der Waals surface area (Å²) >= 11 is 0. The molecule has 0 aliphatic carbocycles. The van der Waals surface area contributed by atoms with Crippen molar-refractivity contribution in [2.45, 2.75) is 45.5 Å². The lowest BCUT2D eigenvalue weighted by Crippen LogP contribution is -2.25. The fraction of sp³-hybridized carbons (Fsp3) is 0.381. The van der Waals surface area contributed by atoms with E-state index >= 15 is 0 Å². The summed E-state index contributed by atoms with van der Waals surface area (Å²) in [5.41, 5.74) is 1.38. The van der Waals surface area contributed by atoms with Crippen LogP contribution >= 0.6 is 0 Å². The van der Waals surface area contributed by atoms with Gasteiger partial charge >= 0.3 is 6.18 Å². The third kappa shape index (κ3) is 4.77. The van der Waals surface area contributed by atoms with Crippen LogP contribution in [0.5, 0.6) is 11.5 Å². The maximum atomic E-state index is 12.8. The molecule has 0 radical (unpaired) electrons. The Hall–Kier alpha value is -2.70. The first-order valence-electron chi connectivity index (χ1n) is 9.14. The fourth-order valence-corrected chi connectivity index (χ4v) is 3.21. The molecule has 0 fully saturated rings. The zero-order valence-electron chi connectivity index (χ0n) is 15.7. The van der Waals surface area contributed by atoms with Crippen LogP contribution in [-0.4, -0.2) is 18.6 Å². The molecule has 0 saturated heterocycles. The van der Waals surface area contributed by atoms with Crippen molar-refractivity contribution in [3.05, 3.63) is 58.7 Å². The van der Waals surface area contributed by atoms with E-state index in [0.717, 1.165) is 35.4 Å². The van der Waals surface area contributed by atoms with Crippen molar-refractivity contribution in [2.24, 2.45) is 0 Å². The number of alkyl halides is 3. The zero-order chi connectivity index (χ0) is 20.3. The summed E-state index contributed by atoms with van der Waals surface area (Å²) in [5, 5.41) is 2.75. The molecule has 28 heavy (non-hydrogen) atoms. The number of amides is 1. The number of fused-ring (bicyclic) bond motifs is 1. The highest BCUT2D eigenvalue weighted by Gasteiger charge is 2.30. The average Bonchev–Trinajstić information content (AvgIpc) is 2.98. The molecule has 0 aromatic heterocycles. The Balaban J connectivity index is 1.67. The van der Waals surface area contributed by atoms with Gasteiger partial charge in [-0.25, -0.2) is 0 Å². The quantitative estimate of drug-likeness (QED) is 0.797. The maximum Gasteiger partial charge on any atom is 0.416 e. The zero-order valence-corrected chi connectivity index (χ0v) is 15.7. The average molecular weight is 393 g/mol. The lowest BCUT2D eigenvalue weighted by molar-refractivity contribution is -0.137. The second-order valence-corrected chi connectivity index (χ2v) is 6.78. The Morgan fingerprint density at radius 2 is 2.07 bits per heavy atom. The van der Waals surface area contributed by atoms with Gasteiger partial charge in [0.05, 0.1) is 18.6 Å². The summed E-state index contributed by atoms with van der Waals surface area (Å²) in [6, 6.07) is 8.57. The molecule has 1 aliphatic rings. The minimum Gasteiger partial charge on any atom is -0.494 e. The Kier molecular flexibility index (Phi) is 5.82. The number of ether oxygens (including phenoxy) is 2. The Labute approximate surface area is 161 Å². The van der Waals surface area contributed by atoms with Crippen molar-refractivity contribution in [3.8, 4) is 11.5 Å². The molecule has 1 N–H and O–H groups in total. The van der Waals surface area contributed by atoms with Gasteiger partial charge in [0.1, 0.15) is 17.6 Å². The number of benzene rings is 2. The summed E-state index contributed by atoms with van der Waals surface area (Å²) in [5.74, 6) is 1.09. The normalized spacial score (nSPS) is 15.7. The SMILES string of the molecule is CCOc1cc2c(cc1CNC(=O)Cc1cccc(C(F)(F)F)c1)OC(C)C2. The summed E-state index contributed by atoms with van der Waals surface area (Å²) in [6.07, 6.45) is -3.67. The smallest absolute Gasteiger partial charge is 0.416 e. The molecule has 1 heterocycles. The van der Waals surface area contributed by atoms with Crippen molar-refractivity contribution in [3.63, 3.8) is 0 Å². The van der Waals surface area contributed by atoms with Gasteiger partial charge in [-0.05, 0) is 37.6 Å². The predicted octanol–water partition coefficient (Wildman–Crippen LogP) is 4.29. The lowest BCUT2D eigenvalue weighted by Gasteiger charge is -2.14. The van der Waals surface area contributed by atoms with Crippen molar-refractivity contribution in [1.29, 1.82) is 0 Å². The van der Waals surface area contributed by atoms with E-state index in [-0.39, 0.29) is 25.0 Å². The van der Waals surface area contributed by atoms with Crippen LogP contribution in [0.3, 0.4) is 0 Å². The van der Waals surface area contributed by atoms with E-state index in [1.54, 1.807) is 0 Å². The van der Waals surface area contributed by atoms with Crippen molar-refractivity contribution < 1.29 is 27.4 Å². The predicted molar refractivity (Wildman–Crippen MR) is 98.4 cm³/mol. The monoisotopic (exact) mass is 393 g/mol. The molecule has 7 heteroatoms. The second kappa shape index (κ2) is 8.12. The molecule has 0 bridgehead atoms. The number of hydrogen-bond donors (Lipinski definition) is 1. The fourth-order valence-electron chi connectivity index (χ4n) is 3.21. The maximum absolute atomic E-state index is 12.8. The van der Waals surface area contributed by atoms with E-state index in [2.05, 4.69) is 5.32 Å². The summed E-state index contributed by atoms with van der Waals surface area (Å²) < 4.78 is 49.8. The van der Waals surface area contributed by atoms with Gasteiger partial charge in [-0.2, -0.15) is 13.2 Å². The van der Waals surface area contributed by atoms with Gasteiger partial charge < -0.3 is 14.8 Å². The van der Waals surface area contributed by atoms with Crippen molar-refractivity contribution in [2.75, 3.05) is 6.61 Å². The van der Waals surface area contributed by atoms with Gasteiger partial charge in [-0.3, -0.25) is 4.79 Å². The minimum atomic E-state index is -4.43. The highest BCUT2D eigenvalue weighted by atomic mass is 19.4. The molecule has 4 nitrogen and oxygen atoms in total. The van der Waals surface area contributed by atoms with Gasteiger partial charge in [0.25, 0.3) is 0 Å². The topological polar surface area (TPSA) is 47.6 Å². The highest BCUT2D eigenvalue weighted by molar-refractivity contribution is 5.78. The first kappa shape index (κ1) is 20.0. The standard InChI is InChI=1S/C21H22F3NO3/c1-3-27-18-10-15-7-13(2)28-19(15)11-16(18)12-25-20(26)9-14-5-4-6-17(8-14)21(22,23)24/h4-6,8,10-11,13H,3,7,9,12H2,1-2H3,(H,25,26). The van der Waals surface area contributed by atoms with Crippen LogP contribution in [0.2, 0.25) is 0 Å². The van der Waals surface area contributed by atoms with Crippen LogP contribution in [0, 0.1) is 0 Å². The second-order valence-electron chi connectivity index (χ2n) is 6.78. The van der Waals surface area contributed by atoms with Gasteiger partial charge in [0, 0.05) is 24.1 Å². The van der Waals surface area contributed by atoms with E-state index in [9.17, 15) is 18.0 Å². The van der Waals surface area contributed by atoms with Gasteiger partial charge in [0.15, 0.2) is 0 Å².